The van der Waals surface area contributed by atoms with Crippen molar-refractivity contribution < 1.29 is 9.13 Å². The molecule has 0 saturated heterocycles. The van der Waals surface area contributed by atoms with E-state index in [0.717, 1.165) is 32.7 Å². The lowest BCUT2D eigenvalue weighted by Crippen LogP contribution is -2.22. The van der Waals surface area contributed by atoms with Gasteiger partial charge in [-0.2, -0.15) is 0 Å². The zero-order valence-electron chi connectivity index (χ0n) is 7.31. The van der Waals surface area contributed by atoms with Gasteiger partial charge in [0.25, 0.3) is 0 Å². The van der Waals surface area contributed by atoms with Gasteiger partial charge in [-0.25, -0.2) is 0 Å². The second-order valence-corrected chi connectivity index (χ2v) is 2.92. The van der Waals surface area contributed by atoms with Gasteiger partial charge in [-0.1, -0.05) is 6.08 Å². The molecule has 1 N–H and O–H groups in total. The summed E-state index contributed by atoms with van der Waals surface area (Å²) in [7, 11) is 0. The predicted molar refractivity (Wildman–Crippen MR) is 47.0 cm³/mol. The Hall–Kier alpha value is -0.410. The van der Waals surface area contributed by atoms with E-state index in [4.69, 9.17) is 4.74 Å². The number of alkyl halides is 1. The van der Waals surface area contributed by atoms with Crippen LogP contribution in [0.2, 0.25) is 0 Å². The van der Waals surface area contributed by atoms with E-state index in [-0.39, 0.29) is 6.67 Å². The molecule has 0 saturated carbocycles. The van der Waals surface area contributed by atoms with Crippen LogP contribution in [0.1, 0.15) is 12.8 Å². The number of rotatable bonds is 5. The fourth-order valence-electron chi connectivity index (χ4n) is 1.17. The molecule has 1 heterocycles. The first-order valence-corrected chi connectivity index (χ1v) is 4.46. The SMILES string of the molecule is FCCCNCC1=CCCOC1. The van der Waals surface area contributed by atoms with E-state index in [1.165, 1.54) is 5.57 Å². The molecule has 0 atom stereocenters. The third-order valence-electron chi connectivity index (χ3n) is 1.82. The Labute approximate surface area is 72.8 Å². The minimum atomic E-state index is -0.234. The van der Waals surface area contributed by atoms with Crippen molar-refractivity contribution in [2.75, 3.05) is 33.0 Å². The fourth-order valence-corrected chi connectivity index (χ4v) is 1.17. The molecule has 2 nitrogen and oxygen atoms in total. The first-order valence-electron chi connectivity index (χ1n) is 4.46. The van der Waals surface area contributed by atoms with Gasteiger partial charge < -0.3 is 10.1 Å². The molecule has 1 rings (SSSR count). The minimum Gasteiger partial charge on any atom is -0.377 e. The number of hydrogen-bond acceptors (Lipinski definition) is 2. The van der Waals surface area contributed by atoms with Crippen molar-refractivity contribution in [1.29, 1.82) is 0 Å². The van der Waals surface area contributed by atoms with E-state index in [0.29, 0.717) is 6.42 Å². The lowest BCUT2D eigenvalue weighted by atomic mass is 10.2. The standard InChI is InChI=1S/C9H16FNO/c10-4-2-5-11-7-9-3-1-6-12-8-9/h3,11H,1-2,4-8H2. The molecular formula is C9H16FNO. The largest absolute Gasteiger partial charge is 0.377 e. The molecular weight excluding hydrogens is 157 g/mol. The summed E-state index contributed by atoms with van der Waals surface area (Å²) < 4.78 is 16.9. The number of nitrogens with one attached hydrogen (secondary N) is 1. The minimum absolute atomic E-state index is 0.234. The van der Waals surface area contributed by atoms with Crippen LogP contribution in [0.15, 0.2) is 11.6 Å². The van der Waals surface area contributed by atoms with Crippen LogP contribution in [0.5, 0.6) is 0 Å². The van der Waals surface area contributed by atoms with Crippen LogP contribution < -0.4 is 5.32 Å². The Morgan fingerprint density at radius 2 is 2.50 bits per heavy atom. The third kappa shape index (κ3) is 3.83. The fraction of sp³-hybridized carbons (Fsp3) is 0.778. The van der Waals surface area contributed by atoms with E-state index in [1.54, 1.807) is 0 Å². The highest BCUT2D eigenvalue weighted by Gasteiger charge is 2.01. The number of hydrogen-bond donors (Lipinski definition) is 1. The van der Waals surface area contributed by atoms with E-state index in [9.17, 15) is 4.39 Å². The summed E-state index contributed by atoms with van der Waals surface area (Å²) >= 11 is 0. The molecule has 3 heteroatoms. The zero-order valence-corrected chi connectivity index (χ0v) is 7.31. The summed E-state index contributed by atoms with van der Waals surface area (Å²) in [6, 6.07) is 0. The summed E-state index contributed by atoms with van der Waals surface area (Å²) in [6.07, 6.45) is 3.82. The van der Waals surface area contributed by atoms with Crippen molar-refractivity contribution in [3.63, 3.8) is 0 Å². The smallest absolute Gasteiger partial charge is 0.0906 e. The van der Waals surface area contributed by atoms with Crippen LogP contribution in [0.25, 0.3) is 0 Å². The van der Waals surface area contributed by atoms with Gasteiger partial charge in [-0.15, -0.1) is 0 Å². The number of ether oxygens (including phenoxy) is 1. The molecule has 0 fully saturated rings. The molecule has 0 unspecified atom stereocenters. The quantitative estimate of drug-likeness (QED) is 0.499. The van der Waals surface area contributed by atoms with E-state index in [1.807, 2.05) is 0 Å². The van der Waals surface area contributed by atoms with Crippen molar-refractivity contribution in [2.45, 2.75) is 12.8 Å². The molecule has 0 aromatic carbocycles. The van der Waals surface area contributed by atoms with Crippen LogP contribution in [0, 0.1) is 0 Å². The van der Waals surface area contributed by atoms with Crippen LogP contribution in [-0.2, 0) is 4.74 Å². The van der Waals surface area contributed by atoms with Crippen molar-refractivity contribution >= 4 is 0 Å². The normalized spacial score (nSPS) is 17.6. The van der Waals surface area contributed by atoms with E-state index < -0.39 is 0 Å². The monoisotopic (exact) mass is 173 g/mol. The van der Waals surface area contributed by atoms with Crippen LogP contribution in [0.3, 0.4) is 0 Å². The Kier molecular flexibility index (Phi) is 4.95. The van der Waals surface area contributed by atoms with Gasteiger partial charge >= 0.3 is 0 Å². The molecule has 0 bridgehead atoms. The van der Waals surface area contributed by atoms with E-state index in [2.05, 4.69) is 11.4 Å². The number of halogens is 1. The lowest BCUT2D eigenvalue weighted by molar-refractivity contribution is 0.149. The predicted octanol–water partition coefficient (Wildman–Crippen LogP) is 1.28. The van der Waals surface area contributed by atoms with Crippen molar-refractivity contribution in [2.24, 2.45) is 0 Å². The van der Waals surface area contributed by atoms with Crippen molar-refractivity contribution in [1.82, 2.24) is 5.32 Å². The Bertz CT molecular complexity index is 147. The highest BCUT2D eigenvalue weighted by atomic mass is 19.1. The van der Waals surface area contributed by atoms with Crippen LogP contribution in [0.4, 0.5) is 4.39 Å². The molecule has 0 spiro atoms. The van der Waals surface area contributed by atoms with Gasteiger partial charge in [0.2, 0.25) is 0 Å². The summed E-state index contributed by atoms with van der Waals surface area (Å²) in [5, 5.41) is 3.17. The van der Waals surface area contributed by atoms with Gasteiger partial charge in [0.05, 0.1) is 19.9 Å². The first kappa shape index (κ1) is 9.68. The van der Waals surface area contributed by atoms with Gasteiger partial charge in [0.1, 0.15) is 0 Å². The molecule has 70 valence electrons. The Balaban J connectivity index is 2.01. The van der Waals surface area contributed by atoms with Crippen LogP contribution in [-0.4, -0.2) is 33.0 Å². The van der Waals surface area contributed by atoms with Gasteiger partial charge in [-0.05, 0) is 25.0 Å². The average Bonchev–Trinajstić information content (AvgIpc) is 2.14. The first-order chi connectivity index (χ1) is 5.93. The highest BCUT2D eigenvalue weighted by molar-refractivity contribution is 5.06. The molecule has 0 amide bonds. The molecule has 0 radical (unpaired) electrons. The maximum atomic E-state index is 11.7. The average molecular weight is 173 g/mol. The summed E-state index contributed by atoms with van der Waals surface area (Å²) in [5.41, 5.74) is 1.29. The summed E-state index contributed by atoms with van der Waals surface area (Å²) in [6.45, 7) is 2.95. The topological polar surface area (TPSA) is 21.3 Å². The van der Waals surface area contributed by atoms with Crippen molar-refractivity contribution in [3.05, 3.63) is 11.6 Å². The molecule has 12 heavy (non-hydrogen) atoms. The molecule has 0 aliphatic carbocycles. The third-order valence-corrected chi connectivity index (χ3v) is 1.82. The molecule has 0 aromatic heterocycles. The lowest BCUT2D eigenvalue weighted by Gasteiger charge is -2.13. The maximum absolute atomic E-state index is 11.7. The van der Waals surface area contributed by atoms with Gasteiger partial charge in [0.15, 0.2) is 0 Å². The second-order valence-electron chi connectivity index (χ2n) is 2.92. The Morgan fingerprint density at radius 3 is 3.17 bits per heavy atom. The zero-order chi connectivity index (χ0) is 8.65. The van der Waals surface area contributed by atoms with Gasteiger partial charge in [-0.3, -0.25) is 4.39 Å². The van der Waals surface area contributed by atoms with Crippen molar-refractivity contribution in [3.8, 4) is 0 Å². The maximum Gasteiger partial charge on any atom is 0.0906 e. The van der Waals surface area contributed by atoms with Crippen LogP contribution >= 0.6 is 0 Å². The molecule has 0 aromatic rings. The van der Waals surface area contributed by atoms with E-state index >= 15 is 0 Å². The van der Waals surface area contributed by atoms with Gasteiger partial charge in [0, 0.05) is 6.54 Å². The summed E-state index contributed by atoms with van der Waals surface area (Å²) in [4.78, 5) is 0. The summed E-state index contributed by atoms with van der Waals surface area (Å²) in [5.74, 6) is 0. The Morgan fingerprint density at radius 1 is 1.58 bits per heavy atom. The molecule has 1 aliphatic rings. The highest BCUT2D eigenvalue weighted by Crippen LogP contribution is 2.03. The second kappa shape index (κ2) is 6.14. The molecule has 1 aliphatic heterocycles.